The molecule has 174 valence electrons. The molecule has 2 heterocycles. The molecule has 2 atom stereocenters. The third-order valence-corrected chi connectivity index (χ3v) is 6.98. The van der Waals surface area contributed by atoms with Crippen LogP contribution in [0.25, 0.3) is 0 Å². The minimum absolute atomic E-state index is 0.0808. The van der Waals surface area contributed by atoms with Gasteiger partial charge in [0.1, 0.15) is 6.17 Å². The molecule has 0 fully saturated rings. The number of anilines is 1. The number of rotatable bonds is 5. The van der Waals surface area contributed by atoms with Crippen molar-refractivity contribution < 1.29 is 18.3 Å². The van der Waals surface area contributed by atoms with E-state index in [0.717, 1.165) is 9.75 Å². The number of hydrogen-bond donors (Lipinski definition) is 4. The van der Waals surface area contributed by atoms with Crippen LogP contribution in [0, 0.1) is 12.3 Å². The number of amidine groups is 1. The molecule has 0 aliphatic carbocycles. The number of carbonyl (C=O) groups excluding carboxylic acids is 1. The summed E-state index contributed by atoms with van der Waals surface area (Å²) in [5, 5.41) is 16.9. The van der Waals surface area contributed by atoms with E-state index in [4.69, 9.17) is 0 Å². The molecule has 1 aliphatic rings. The summed E-state index contributed by atoms with van der Waals surface area (Å²) in [6.45, 7) is 8.21. The fourth-order valence-corrected chi connectivity index (χ4v) is 5.47. The SMILES string of the molecule is Cc1ccc([C@H](NC2NS(=O)(=O)N=C2Nc2cccc(C(=O)N(C)C)c2O)C(C)(C)C)s1. The Bertz CT molecular complexity index is 1150. The Morgan fingerprint density at radius 2 is 1.94 bits per heavy atom. The zero-order valence-corrected chi connectivity index (χ0v) is 20.6. The van der Waals surface area contributed by atoms with Crippen LogP contribution in [0.1, 0.15) is 46.9 Å². The van der Waals surface area contributed by atoms with Gasteiger partial charge in [0.15, 0.2) is 11.6 Å². The van der Waals surface area contributed by atoms with Crippen molar-refractivity contribution in [2.75, 3.05) is 19.4 Å². The second-order valence-corrected chi connectivity index (χ2v) is 11.6. The molecule has 9 nitrogen and oxygen atoms in total. The first-order valence-corrected chi connectivity index (χ1v) is 12.3. The highest BCUT2D eigenvalue weighted by Gasteiger charge is 2.37. The quantitative estimate of drug-likeness (QED) is 0.489. The van der Waals surface area contributed by atoms with Gasteiger partial charge in [-0.05, 0) is 36.6 Å². The minimum Gasteiger partial charge on any atom is -0.505 e. The molecule has 1 amide bonds. The van der Waals surface area contributed by atoms with Crippen molar-refractivity contribution in [2.24, 2.45) is 9.81 Å². The maximum absolute atomic E-state index is 12.3. The Kier molecular flexibility index (Phi) is 6.66. The Morgan fingerprint density at radius 1 is 1.25 bits per heavy atom. The van der Waals surface area contributed by atoms with E-state index in [2.05, 4.69) is 40.5 Å². The number of phenols is 1. The molecule has 1 unspecified atom stereocenters. The van der Waals surface area contributed by atoms with Gasteiger partial charge in [-0.1, -0.05) is 26.8 Å². The summed E-state index contributed by atoms with van der Waals surface area (Å²) in [6.07, 6.45) is -0.848. The Balaban J connectivity index is 1.92. The zero-order chi connectivity index (χ0) is 23.8. The maximum atomic E-state index is 12.3. The number of phenolic OH excluding ortho intramolecular Hbond substituents is 1. The van der Waals surface area contributed by atoms with Crippen molar-refractivity contribution >= 4 is 39.0 Å². The second kappa shape index (κ2) is 8.81. The first-order valence-electron chi connectivity index (χ1n) is 10.0. The predicted octanol–water partition coefficient (Wildman–Crippen LogP) is 2.83. The number of nitrogens with one attached hydrogen (secondary N) is 3. The smallest absolute Gasteiger partial charge is 0.323 e. The Morgan fingerprint density at radius 3 is 2.50 bits per heavy atom. The van der Waals surface area contributed by atoms with Crippen LogP contribution in [0.4, 0.5) is 5.69 Å². The third-order valence-electron chi connectivity index (χ3n) is 4.94. The van der Waals surface area contributed by atoms with Crippen LogP contribution in [-0.2, 0) is 10.2 Å². The summed E-state index contributed by atoms with van der Waals surface area (Å²) in [7, 11) is -0.763. The van der Waals surface area contributed by atoms with Crippen molar-refractivity contribution in [1.29, 1.82) is 0 Å². The van der Waals surface area contributed by atoms with Gasteiger partial charge in [0, 0.05) is 29.9 Å². The molecule has 32 heavy (non-hydrogen) atoms. The van der Waals surface area contributed by atoms with Crippen LogP contribution in [0.5, 0.6) is 5.75 Å². The molecule has 0 saturated carbocycles. The lowest BCUT2D eigenvalue weighted by atomic mass is 9.85. The number of aryl methyl sites for hydroxylation is 1. The summed E-state index contributed by atoms with van der Waals surface area (Å²) in [5.74, 6) is -0.573. The van der Waals surface area contributed by atoms with E-state index in [-0.39, 0.29) is 40.2 Å². The summed E-state index contributed by atoms with van der Waals surface area (Å²) < 4.78 is 30.8. The van der Waals surface area contributed by atoms with E-state index in [9.17, 15) is 18.3 Å². The molecule has 1 aliphatic heterocycles. The molecule has 0 saturated heterocycles. The van der Waals surface area contributed by atoms with Crippen LogP contribution < -0.4 is 15.4 Å². The van der Waals surface area contributed by atoms with Crippen LogP contribution in [-0.4, -0.2) is 50.4 Å². The predicted molar refractivity (Wildman–Crippen MR) is 127 cm³/mol. The molecule has 4 N–H and O–H groups in total. The zero-order valence-electron chi connectivity index (χ0n) is 18.9. The summed E-state index contributed by atoms with van der Waals surface area (Å²) >= 11 is 1.64. The van der Waals surface area contributed by atoms with Gasteiger partial charge in [0.25, 0.3) is 5.91 Å². The number of aromatic hydroxyl groups is 1. The molecule has 3 rings (SSSR count). The van der Waals surface area contributed by atoms with Crippen molar-refractivity contribution in [3.63, 3.8) is 0 Å². The van der Waals surface area contributed by atoms with Crippen LogP contribution in [0.2, 0.25) is 0 Å². The van der Waals surface area contributed by atoms with Gasteiger partial charge >= 0.3 is 10.2 Å². The molecular formula is C21H29N5O4S2. The highest BCUT2D eigenvalue weighted by Crippen LogP contribution is 2.37. The number of nitrogens with zero attached hydrogens (tertiary/aromatic N) is 2. The number of para-hydroxylation sites is 1. The normalized spacial score (nSPS) is 18.8. The summed E-state index contributed by atoms with van der Waals surface area (Å²) in [5.41, 5.74) is 0.0540. The van der Waals surface area contributed by atoms with Gasteiger partial charge in [-0.15, -0.1) is 15.7 Å². The molecule has 0 bridgehead atoms. The summed E-state index contributed by atoms with van der Waals surface area (Å²) in [6, 6.07) is 8.53. The summed E-state index contributed by atoms with van der Waals surface area (Å²) in [4.78, 5) is 15.9. The van der Waals surface area contributed by atoms with E-state index in [1.807, 2.05) is 19.1 Å². The van der Waals surface area contributed by atoms with Crippen LogP contribution in [0.15, 0.2) is 34.7 Å². The highest BCUT2D eigenvalue weighted by atomic mass is 32.2. The topological polar surface area (TPSA) is 123 Å². The molecule has 0 radical (unpaired) electrons. The molecule has 1 aromatic heterocycles. The molecule has 2 aromatic rings. The van der Waals surface area contributed by atoms with E-state index in [0.29, 0.717) is 0 Å². The van der Waals surface area contributed by atoms with Crippen LogP contribution >= 0.6 is 11.3 Å². The van der Waals surface area contributed by atoms with Crippen molar-refractivity contribution in [1.82, 2.24) is 14.9 Å². The first-order chi connectivity index (χ1) is 14.8. The Hall–Kier alpha value is -2.47. The number of amides is 1. The lowest BCUT2D eigenvalue weighted by molar-refractivity contribution is 0.0824. The molecule has 11 heteroatoms. The number of benzene rings is 1. The van der Waals surface area contributed by atoms with Gasteiger partial charge in [0.05, 0.1) is 11.3 Å². The maximum Gasteiger partial charge on any atom is 0.323 e. The lowest BCUT2D eigenvalue weighted by Gasteiger charge is -2.33. The monoisotopic (exact) mass is 479 g/mol. The third kappa shape index (κ3) is 5.29. The van der Waals surface area contributed by atoms with E-state index in [1.165, 1.54) is 11.0 Å². The molecule has 1 aromatic carbocycles. The van der Waals surface area contributed by atoms with Gasteiger partial charge < -0.3 is 15.3 Å². The number of thiophene rings is 1. The minimum atomic E-state index is -3.93. The molecular weight excluding hydrogens is 450 g/mol. The van der Waals surface area contributed by atoms with Crippen molar-refractivity contribution in [3.8, 4) is 5.75 Å². The second-order valence-electron chi connectivity index (χ2n) is 8.94. The van der Waals surface area contributed by atoms with Gasteiger partial charge in [-0.2, -0.15) is 13.1 Å². The van der Waals surface area contributed by atoms with Crippen molar-refractivity contribution in [2.45, 2.75) is 39.9 Å². The average Bonchev–Trinajstić information content (AvgIpc) is 3.21. The van der Waals surface area contributed by atoms with E-state index >= 15 is 0 Å². The highest BCUT2D eigenvalue weighted by molar-refractivity contribution is 7.88. The lowest BCUT2D eigenvalue weighted by Crippen LogP contribution is -2.51. The van der Waals surface area contributed by atoms with Gasteiger partial charge in [-0.25, -0.2) is 0 Å². The van der Waals surface area contributed by atoms with E-state index in [1.54, 1.807) is 37.6 Å². The number of hydrogen-bond acceptors (Lipinski definition) is 7. The largest absolute Gasteiger partial charge is 0.505 e. The Labute approximate surface area is 192 Å². The first kappa shape index (κ1) is 24.2. The van der Waals surface area contributed by atoms with Crippen molar-refractivity contribution in [3.05, 3.63) is 45.6 Å². The fraction of sp³-hybridized carbons (Fsp3) is 0.429. The van der Waals surface area contributed by atoms with E-state index < -0.39 is 16.4 Å². The molecule has 0 spiro atoms. The van der Waals surface area contributed by atoms with Crippen LogP contribution in [0.3, 0.4) is 0 Å². The van der Waals surface area contributed by atoms with Gasteiger partial charge in [0.2, 0.25) is 0 Å². The average molecular weight is 480 g/mol. The standard InChI is InChI=1S/C21H29N5O4S2/c1-12-10-11-15(31-12)17(21(2,3)4)23-19-18(24-32(29,30)25-19)22-14-9-7-8-13(16(14)27)20(28)26(5)6/h7-11,17,19,23,25,27H,1-6H3,(H,22,24)/t17-,19?/m0/s1. The fourth-order valence-electron chi connectivity index (χ4n) is 3.35. The van der Waals surface area contributed by atoms with Gasteiger partial charge in [-0.3, -0.25) is 10.1 Å². The number of carbonyl (C=O) groups is 1.